The van der Waals surface area contributed by atoms with Crippen LogP contribution < -0.4 is 0 Å². The predicted molar refractivity (Wildman–Crippen MR) is 86.8 cm³/mol. The van der Waals surface area contributed by atoms with Gasteiger partial charge in [0.2, 0.25) is 0 Å². The maximum absolute atomic E-state index is 5.73. The summed E-state index contributed by atoms with van der Waals surface area (Å²) >= 11 is 5.73. The van der Waals surface area contributed by atoms with Crippen molar-refractivity contribution in [1.82, 2.24) is 19.9 Å². The molecule has 110 valence electrons. The van der Waals surface area contributed by atoms with Gasteiger partial charge in [0.1, 0.15) is 17.4 Å². The Balaban J connectivity index is 1.94. The summed E-state index contributed by atoms with van der Waals surface area (Å²) in [6, 6.07) is 3.98. The fourth-order valence-corrected chi connectivity index (χ4v) is 2.92. The number of hydrogen-bond acceptors (Lipinski definition) is 3. The Morgan fingerprint density at radius 3 is 2.90 bits per heavy atom. The second-order valence-electron chi connectivity index (χ2n) is 5.44. The fourth-order valence-electron chi connectivity index (χ4n) is 2.73. The van der Waals surface area contributed by atoms with E-state index in [1.54, 1.807) is 6.33 Å². The second kappa shape index (κ2) is 6.39. The molecule has 21 heavy (non-hydrogen) atoms. The number of H-pyrrole nitrogens is 1. The third-order valence-electron chi connectivity index (χ3n) is 3.89. The van der Waals surface area contributed by atoms with Crippen LogP contribution >= 0.6 is 11.6 Å². The monoisotopic (exact) mass is 302 g/mol. The third kappa shape index (κ3) is 2.86. The number of nitrogens with one attached hydrogen (secondary N) is 1. The highest BCUT2D eigenvalue weighted by Gasteiger charge is 2.16. The van der Waals surface area contributed by atoms with Crippen molar-refractivity contribution < 1.29 is 0 Å². The SMILES string of the molecule is CC(CCCCCCl)c1nc2ccc[nH]c2c2ncnc12. The molecule has 3 rings (SSSR count). The number of aromatic nitrogens is 4. The Kier molecular flexibility index (Phi) is 4.34. The first kappa shape index (κ1) is 14.3. The van der Waals surface area contributed by atoms with Crippen molar-refractivity contribution in [2.75, 3.05) is 5.88 Å². The number of pyridine rings is 2. The molecule has 0 saturated carbocycles. The van der Waals surface area contributed by atoms with E-state index in [4.69, 9.17) is 16.6 Å². The maximum Gasteiger partial charge on any atom is 0.118 e. The van der Waals surface area contributed by atoms with E-state index in [0.717, 1.165) is 46.5 Å². The summed E-state index contributed by atoms with van der Waals surface area (Å²) in [6.45, 7) is 2.22. The molecule has 0 radical (unpaired) electrons. The smallest absolute Gasteiger partial charge is 0.118 e. The molecule has 4 nitrogen and oxygen atoms in total. The van der Waals surface area contributed by atoms with E-state index < -0.39 is 0 Å². The molecule has 0 aliphatic rings. The van der Waals surface area contributed by atoms with Crippen LogP contribution in [0.1, 0.15) is 44.2 Å². The molecule has 3 aromatic heterocycles. The van der Waals surface area contributed by atoms with E-state index in [2.05, 4.69) is 21.9 Å². The molecular formula is C16H19ClN4. The minimum atomic E-state index is 0.379. The normalized spacial score (nSPS) is 13.0. The van der Waals surface area contributed by atoms with E-state index in [1.165, 1.54) is 12.8 Å². The summed E-state index contributed by atoms with van der Waals surface area (Å²) in [7, 11) is 0. The van der Waals surface area contributed by atoms with Crippen molar-refractivity contribution in [3.63, 3.8) is 0 Å². The number of hydrogen-bond donors (Lipinski definition) is 1. The average molecular weight is 303 g/mol. The minimum absolute atomic E-state index is 0.379. The summed E-state index contributed by atoms with van der Waals surface area (Å²) in [4.78, 5) is 16.9. The van der Waals surface area contributed by atoms with Crippen LogP contribution in [0.25, 0.3) is 22.1 Å². The Morgan fingerprint density at radius 2 is 2.05 bits per heavy atom. The van der Waals surface area contributed by atoms with Crippen LogP contribution in [0.3, 0.4) is 0 Å². The molecule has 3 heterocycles. The van der Waals surface area contributed by atoms with Crippen molar-refractivity contribution in [2.24, 2.45) is 0 Å². The number of halogens is 1. The lowest BCUT2D eigenvalue weighted by molar-refractivity contribution is 0.593. The number of alkyl halides is 1. The van der Waals surface area contributed by atoms with E-state index in [9.17, 15) is 0 Å². The zero-order valence-corrected chi connectivity index (χ0v) is 12.9. The molecule has 1 unspecified atom stereocenters. The van der Waals surface area contributed by atoms with E-state index >= 15 is 0 Å². The number of rotatable bonds is 6. The minimum Gasteiger partial charge on any atom is -0.358 e. The van der Waals surface area contributed by atoms with Gasteiger partial charge in [-0.05, 0) is 25.0 Å². The van der Waals surface area contributed by atoms with Crippen LogP contribution in [-0.4, -0.2) is 25.8 Å². The molecular weight excluding hydrogens is 284 g/mol. The van der Waals surface area contributed by atoms with Crippen LogP contribution in [0.2, 0.25) is 0 Å². The van der Waals surface area contributed by atoms with Gasteiger partial charge in [-0.3, -0.25) is 0 Å². The van der Waals surface area contributed by atoms with Crippen LogP contribution in [-0.2, 0) is 0 Å². The largest absolute Gasteiger partial charge is 0.358 e. The molecule has 0 fully saturated rings. The van der Waals surface area contributed by atoms with E-state index in [1.807, 2.05) is 18.3 Å². The van der Waals surface area contributed by atoms with Gasteiger partial charge in [-0.1, -0.05) is 19.8 Å². The van der Waals surface area contributed by atoms with Gasteiger partial charge in [0, 0.05) is 18.0 Å². The van der Waals surface area contributed by atoms with Gasteiger partial charge >= 0.3 is 0 Å². The van der Waals surface area contributed by atoms with Gasteiger partial charge in [0.25, 0.3) is 0 Å². The molecule has 5 heteroatoms. The highest BCUT2D eigenvalue weighted by molar-refractivity contribution is 6.17. The molecule has 0 amide bonds. The molecule has 3 aromatic rings. The summed E-state index contributed by atoms with van der Waals surface area (Å²) in [5.74, 6) is 1.13. The molecule has 0 aromatic carbocycles. The van der Waals surface area contributed by atoms with Crippen molar-refractivity contribution in [3.8, 4) is 0 Å². The zero-order valence-electron chi connectivity index (χ0n) is 12.1. The number of aromatic amines is 1. The molecule has 0 saturated heterocycles. The van der Waals surface area contributed by atoms with Gasteiger partial charge in [0.05, 0.1) is 16.7 Å². The number of fused-ring (bicyclic) bond motifs is 3. The lowest BCUT2D eigenvalue weighted by atomic mass is 9.98. The third-order valence-corrected chi connectivity index (χ3v) is 4.16. The summed E-state index contributed by atoms with van der Waals surface area (Å²) < 4.78 is 0. The zero-order chi connectivity index (χ0) is 14.7. The Hall–Kier alpha value is -1.68. The van der Waals surface area contributed by atoms with E-state index in [-0.39, 0.29) is 0 Å². The lowest BCUT2D eigenvalue weighted by Crippen LogP contribution is -2.00. The molecule has 0 spiro atoms. The van der Waals surface area contributed by atoms with Crippen molar-refractivity contribution in [2.45, 2.75) is 38.5 Å². The van der Waals surface area contributed by atoms with Gasteiger partial charge in [-0.2, -0.15) is 0 Å². The molecule has 1 atom stereocenters. The van der Waals surface area contributed by atoms with Crippen LogP contribution in [0.4, 0.5) is 0 Å². The van der Waals surface area contributed by atoms with Gasteiger partial charge in [-0.15, -0.1) is 11.6 Å². The van der Waals surface area contributed by atoms with Crippen molar-refractivity contribution in [1.29, 1.82) is 0 Å². The summed E-state index contributed by atoms with van der Waals surface area (Å²) in [5.41, 5.74) is 4.81. The molecule has 1 N–H and O–H groups in total. The number of nitrogens with zero attached hydrogens (tertiary/aromatic N) is 3. The van der Waals surface area contributed by atoms with Crippen molar-refractivity contribution in [3.05, 3.63) is 30.4 Å². The highest BCUT2D eigenvalue weighted by atomic mass is 35.5. The first-order valence-electron chi connectivity index (χ1n) is 7.45. The van der Waals surface area contributed by atoms with Crippen LogP contribution in [0.15, 0.2) is 24.7 Å². The molecule has 0 bridgehead atoms. The first-order valence-corrected chi connectivity index (χ1v) is 7.98. The van der Waals surface area contributed by atoms with Gasteiger partial charge < -0.3 is 4.98 Å². The molecule has 0 aliphatic heterocycles. The fraction of sp³-hybridized carbons (Fsp3) is 0.438. The highest BCUT2D eigenvalue weighted by Crippen LogP contribution is 2.29. The topological polar surface area (TPSA) is 54.5 Å². The number of unbranched alkanes of at least 4 members (excludes halogenated alkanes) is 2. The predicted octanol–water partition coefficient (Wildman–Crippen LogP) is 4.41. The Morgan fingerprint density at radius 1 is 1.19 bits per heavy atom. The number of imidazole rings is 1. The van der Waals surface area contributed by atoms with Gasteiger partial charge in [0.15, 0.2) is 0 Å². The van der Waals surface area contributed by atoms with Crippen LogP contribution in [0.5, 0.6) is 0 Å². The van der Waals surface area contributed by atoms with Gasteiger partial charge in [-0.25, -0.2) is 15.0 Å². The van der Waals surface area contributed by atoms with Crippen LogP contribution in [0, 0.1) is 0 Å². The standard InChI is InChI=1S/C16H19ClN4/c1-11(6-3-2-4-8-17)13-15-16(20-10-19-15)14-12(21-13)7-5-9-18-14/h5,7,9-11,18H,2-4,6,8H2,1H3. The maximum atomic E-state index is 5.73. The first-order chi connectivity index (χ1) is 10.3. The Bertz CT molecular complexity index is 737. The summed E-state index contributed by atoms with van der Waals surface area (Å²) in [6.07, 6.45) is 8.05. The molecule has 0 aliphatic carbocycles. The lowest BCUT2D eigenvalue weighted by Gasteiger charge is -2.12. The quantitative estimate of drug-likeness (QED) is 0.542. The van der Waals surface area contributed by atoms with E-state index in [0.29, 0.717) is 5.92 Å². The average Bonchev–Trinajstić information content (AvgIpc) is 3.00. The second-order valence-corrected chi connectivity index (χ2v) is 5.82. The summed E-state index contributed by atoms with van der Waals surface area (Å²) in [5, 5.41) is 0. The van der Waals surface area contributed by atoms with Crippen molar-refractivity contribution >= 4 is 33.7 Å². The Labute approximate surface area is 129 Å².